The number of fused-ring (bicyclic) bond motifs is 1. The summed E-state index contributed by atoms with van der Waals surface area (Å²) in [6.07, 6.45) is 4.14. The molecule has 1 aliphatic rings. The van der Waals surface area contributed by atoms with Gasteiger partial charge in [-0.05, 0) is 31.0 Å². The maximum absolute atomic E-state index is 12.4. The van der Waals surface area contributed by atoms with E-state index in [9.17, 15) is 14.4 Å². The molecule has 3 heterocycles. The second-order valence-corrected chi connectivity index (χ2v) is 6.74. The van der Waals surface area contributed by atoms with Crippen LogP contribution in [0.5, 0.6) is 0 Å². The molecular weight excluding hydrogens is 360 g/mol. The zero-order valence-electron chi connectivity index (χ0n) is 15.1. The van der Waals surface area contributed by atoms with Gasteiger partial charge in [-0.1, -0.05) is 18.2 Å². The molecule has 3 N–H and O–H groups in total. The van der Waals surface area contributed by atoms with E-state index in [1.165, 1.54) is 6.26 Å². The highest BCUT2D eigenvalue weighted by molar-refractivity contribution is 6.07. The fourth-order valence-electron chi connectivity index (χ4n) is 3.45. The van der Waals surface area contributed by atoms with Crippen LogP contribution in [0.1, 0.15) is 33.8 Å². The zero-order chi connectivity index (χ0) is 19.5. The number of hydrogen-bond donors (Lipinski definition) is 3. The third-order valence-corrected chi connectivity index (χ3v) is 5.02. The van der Waals surface area contributed by atoms with Gasteiger partial charge in [0.15, 0.2) is 5.76 Å². The molecule has 8 heteroatoms. The molecular formula is C20H20N4O4. The molecule has 3 aromatic rings. The number of amides is 3. The smallest absolute Gasteiger partial charge is 0.289 e. The van der Waals surface area contributed by atoms with Crippen LogP contribution in [-0.4, -0.2) is 40.7 Å². The Kier molecular flexibility index (Phi) is 4.84. The minimum Gasteiger partial charge on any atom is -0.459 e. The number of nitrogens with zero attached hydrogens (tertiary/aromatic N) is 1. The van der Waals surface area contributed by atoms with Gasteiger partial charge in [0, 0.05) is 36.1 Å². The van der Waals surface area contributed by atoms with E-state index in [0.717, 1.165) is 10.9 Å². The fourth-order valence-corrected chi connectivity index (χ4v) is 3.45. The molecule has 1 saturated heterocycles. The second kappa shape index (κ2) is 7.59. The molecule has 0 aliphatic carbocycles. The van der Waals surface area contributed by atoms with Crippen molar-refractivity contribution < 1.29 is 18.8 Å². The first kappa shape index (κ1) is 17.8. The lowest BCUT2D eigenvalue weighted by atomic mass is 9.96. The van der Waals surface area contributed by atoms with E-state index < -0.39 is 0 Å². The van der Waals surface area contributed by atoms with Gasteiger partial charge < -0.3 is 14.3 Å². The SMILES string of the molecule is O=C(NNC(=O)C1CCN(C(=O)c2ccco2)CC1)c1c[nH]c2ccccc12. The lowest BCUT2D eigenvalue weighted by molar-refractivity contribution is -0.127. The number of nitrogens with one attached hydrogen (secondary N) is 3. The van der Waals surface area contributed by atoms with Gasteiger partial charge in [-0.25, -0.2) is 0 Å². The predicted octanol–water partition coefficient (Wildman–Crippen LogP) is 2.07. The molecule has 3 amide bonds. The average molecular weight is 380 g/mol. The van der Waals surface area contributed by atoms with Crippen molar-refractivity contribution in [2.75, 3.05) is 13.1 Å². The molecule has 0 unspecified atom stereocenters. The van der Waals surface area contributed by atoms with Gasteiger partial charge in [0.25, 0.3) is 11.8 Å². The van der Waals surface area contributed by atoms with Crippen molar-refractivity contribution in [2.45, 2.75) is 12.8 Å². The van der Waals surface area contributed by atoms with Crippen LogP contribution in [0, 0.1) is 5.92 Å². The van der Waals surface area contributed by atoms with E-state index in [0.29, 0.717) is 37.3 Å². The molecule has 2 aromatic heterocycles. The summed E-state index contributed by atoms with van der Waals surface area (Å²) >= 11 is 0. The highest BCUT2D eigenvalue weighted by Gasteiger charge is 2.29. The van der Waals surface area contributed by atoms with Gasteiger partial charge in [-0.2, -0.15) is 0 Å². The molecule has 4 rings (SSSR count). The number of aromatic amines is 1. The van der Waals surface area contributed by atoms with Crippen molar-refractivity contribution in [3.8, 4) is 0 Å². The van der Waals surface area contributed by atoms with Gasteiger partial charge in [0.1, 0.15) is 0 Å². The number of carbonyl (C=O) groups excluding carboxylic acids is 3. The summed E-state index contributed by atoms with van der Waals surface area (Å²) in [5.41, 5.74) is 6.30. The van der Waals surface area contributed by atoms with Crippen LogP contribution in [0.15, 0.2) is 53.3 Å². The van der Waals surface area contributed by atoms with Crippen molar-refractivity contribution >= 4 is 28.6 Å². The summed E-state index contributed by atoms with van der Waals surface area (Å²) in [6.45, 7) is 0.933. The van der Waals surface area contributed by atoms with Gasteiger partial charge in [-0.3, -0.25) is 25.2 Å². The number of carbonyl (C=O) groups is 3. The number of H-pyrrole nitrogens is 1. The maximum Gasteiger partial charge on any atom is 0.289 e. The highest BCUT2D eigenvalue weighted by atomic mass is 16.3. The normalized spacial score (nSPS) is 14.8. The standard InChI is InChI=1S/C20H20N4O4/c25-18(13-7-9-24(10-8-13)20(27)17-6-3-11-28-17)22-23-19(26)15-12-21-16-5-2-1-4-14(15)16/h1-6,11-13,21H,7-10H2,(H,22,25)(H,23,26). The fraction of sp³-hybridized carbons (Fsp3) is 0.250. The minimum atomic E-state index is -0.378. The Morgan fingerprint density at radius 1 is 1.04 bits per heavy atom. The van der Waals surface area contributed by atoms with Crippen molar-refractivity contribution in [2.24, 2.45) is 5.92 Å². The van der Waals surface area contributed by atoms with Crippen molar-refractivity contribution in [1.29, 1.82) is 0 Å². The number of benzene rings is 1. The second-order valence-electron chi connectivity index (χ2n) is 6.74. The van der Waals surface area contributed by atoms with E-state index in [2.05, 4.69) is 15.8 Å². The first-order valence-corrected chi connectivity index (χ1v) is 9.12. The van der Waals surface area contributed by atoms with Crippen molar-refractivity contribution in [3.63, 3.8) is 0 Å². The first-order valence-electron chi connectivity index (χ1n) is 9.12. The molecule has 0 saturated carbocycles. The molecule has 0 bridgehead atoms. The highest BCUT2D eigenvalue weighted by Crippen LogP contribution is 2.20. The number of furan rings is 1. The van der Waals surface area contributed by atoms with Gasteiger partial charge in [0.05, 0.1) is 11.8 Å². The Morgan fingerprint density at radius 2 is 1.82 bits per heavy atom. The topological polar surface area (TPSA) is 107 Å². The number of para-hydroxylation sites is 1. The molecule has 0 spiro atoms. The predicted molar refractivity (Wildman–Crippen MR) is 101 cm³/mol. The summed E-state index contributed by atoms with van der Waals surface area (Å²) in [7, 11) is 0. The Labute approximate surface area is 160 Å². The Hall–Kier alpha value is -3.55. The van der Waals surface area contributed by atoms with Crippen molar-refractivity contribution in [1.82, 2.24) is 20.7 Å². The first-order chi connectivity index (χ1) is 13.6. The van der Waals surface area contributed by atoms with Crippen LogP contribution in [-0.2, 0) is 4.79 Å². The van der Waals surface area contributed by atoms with Gasteiger partial charge >= 0.3 is 0 Å². The summed E-state index contributed by atoms with van der Waals surface area (Å²) in [5, 5.41) is 0.791. The summed E-state index contributed by atoms with van der Waals surface area (Å²) in [5.74, 6) is -0.760. The van der Waals surface area contributed by atoms with Crippen LogP contribution in [0.4, 0.5) is 0 Å². The Bertz CT molecular complexity index is 1000. The van der Waals surface area contributed by atoms with E-state index in [4.69, 9.17) is 4.42 Å². The molecule has 8 nitrogen and oxygen atoms in total. The summed E-state index contributed by atoms with van der Waals surface area (Å²) < 4.78 is 5.13. The monoisotopic (exact) mass is 380 g/mol. The molecule has 1 fully saturated rings. The lowest BCUT2D eigenvalue weighted by Gasteiger charge is -2.30. The Morgan fingerprint density at radius 3 is 2.57 bits per heavy atom. The minimum absolute atomic E-state index is 0.170. The summed E-state index contributed by atoms with van der Waals surface area (Å²) in [4.78, 5) is 41.7. The zero-order valence-corrected chi connectivity index (χ0v) is 15.1. The van der Waals surface area contributed by atoms with E-state index in [1.807, 2.05) is 24.3 Å². The van der Waals surface area contributed by atoms with E-state index in [1.54, 1.807) is 23.2 Å². The Balaban J connectivity index is 1.29. The van der Waals surface area contributed by atoms with E-state index >= 15 is 0 Å². The number of likely N-dealkylation sites (tertiary alicyclic amines) is 1. The van der Waals surface area contributed by atoms with Gasteiger partial charge in [-0.15, -0.1) is 0 Å². The number of piperidine rings is 1. The van der Waals surface area contributed by atoms with Crippen LogP contribution >= 0.6 is 0 Å². The molecule has 28 heavy (non-hydrogen) atoms. The maximum atomic E-state index is 12.4. The average Bonchev–Trinajstić information content (AvgIpc) is 3.41. The largest absolute Gasteiger partial charge is 0.459 e. The number of rotatable bonds is 3. The van der Waals surface area contributed by atoms with Crippen LogP contribution < -0.4 is 10.9 Å². The third-order valence-electron chi connectivity index (χ3n) is 5.02. The van der Waals surface area contributed by atoms with Crippen molar-refractivity contribution in [3.05, 3.63) is 60.2 Å². The third kappa shape index (κ3) is 3.48. The van der Waals surface area contributed by atoms with Crippen LogP contribution in [0.25, 0.3) is 10.9 Å². The lowest BCUT2D eigenvalue weighted by Crippen LogP contribution is -2.48. The molecule has 1 aromatic carbocycles. The number of aromatic nitrogens is 1. The number of hydrogen-bond acceptors (Lipinski definition) is 4. The van der Waals surface area contributed by atoms with E-state index in [-0.39, 0.29) is 23.6 Å². The molecule has 0 radical (unpaired) electrons. The molecule has 1 aliphatic heterocycles. The van der Waals surface area contributed by atoms with Gasteiger partial charge in [0.2, 0.25) is 5.91 Å². The van der Waals surface area contributed by atoms with Crippen LogP contribution in [0.3, 0.4) is 0 Å². The molecule has 0 atom stereocenters. The molecule has 144 valence electrons. The quantitative estimate of drug-likeness (QED) is 0.605. The summed E-state index contributed by atoms with van der Waals surface area (Å²) in [6, 6.07) is 10.7. The van der Waals surface area contributed by atoms with Crippen LogP contribution in [0.2, 0.25) is 0 Å². The number of hydrazine groups is 1.